The van der Waals surface area contributed by atoms with Crippen molar-refractivity contribution < 1.29 is 13.6 Å². The Hall–Kier alpha value is -2.03. The van der Waals surface area contributed by atoms with Crippen LogP contribution in [-0.2, 0) is 11.2 Å². The van der Waals surface area contributed by atoms with Gasteiger partial charge in [-0.05, 0) is 42.7 Å². The number of halogens is 2. The Labute approximate surface area is 110 Å². The summed E-state index contributed by atoms with van der Waals surface area (Å²) in [6, 6.07) is 9.30. The molecule has 0 heterocycles. The number of hydrogen-bond acceptors (Lipinski definition) is 1. The number of hydrogen-bond donors (Lipinski definition) is 0. The second kappa shape index (κ2) is 5.31. The molecule has 0 aliphatic heterocycles. The summed E-state index contributed by atoms with van der Waals surface area (Å²) >= 11 is 0. The molecule has 0 unspecified atom stereocenters. The molecule has 0 spiro atoms. The number of aryl methyl sites for hydroxylation is 1. The number of Topliss-reactive ketones (excluding diaryl/α,β-unsaturated/α-hetero) is 1. The fraction of sp³-hybridized carbons (Fsp3) is 0.188. The van der Waals surface area contributed by atoms with E-state index < -0.39 is 11.6 Å². The van der Waals surface area contributed by atoms with Gasteiger partial charge in [-0.2, -0.15) is 0 Å². The van der Waals surface area contributed by atoms with Crippen molar-refractivity contribution in [2.24, 2.45) is 0 Å². The number of rotatable bonds is 3. The average Bonchev–Trinajstić information content (AvgIpc) is 2.34. The molecule has 3 heteroatoms. The molecule has 0 aromatic heterocycles. The van der Waals surface area contributed by atoms with Gasteiger partial charge in [0.1, 0.15) is 17.4 Å². The van der Waals surface area contributed by atoms with Crippen LogP contribution in [0.25, 0.3) is 11.1 Å². The van der Waals surface area contributed by atoms with Crippen LogP contribution < -0.4 is 0 Å². The molecule has 1 nitrogen and oxygen atoms in total. The summed E-state index contributed by atoms with van der Waals surface area (Å²) in [6.07, 6.45) is 0.352. The third kappa shape index (κ3) is 3.05. The molecule has 98 valence electrons. The molecule has 0 amide bonds. The Morgan fingerprint density at radius 1 is 1.05 bits per heavy atom. The van der Waals surface area contributed by atoms with Crippen LogP contribution in [0.5, 0.6) is 0 Å². The minimum Gasteiger partial charge on any atom is -0.300 e. The molecule has 2 aromatic carbocycles. The van der Waals surface area contributed by atoms with Gasteiger partial charge in [-0.25, -0.2) is 8.78 Å². The summed E-state index contributed by atoms with van der Waals surface area (Å²) in [4.78, 5) is 11.0. The number of ketones is 1. The van der Waals surface area contributed by atoms with Crippen molar-refractivity contribution in [3.63, 3.8) is 0 Å². The lowest BCUT2D eigenvalue weighted by Gasteiger charge is -2.07. The van der Waals surface area contributed by atoms with Gasteiger partial charge in [0, 0.05) is 12.0 Å². The molecule has 0 fully saturated rings. The van der Waals surface area contributed by atoms with Crippen LogP contribution >= 0.6 is 0 Å². The first-order valence-electron chi connectivity index (χ1n) is 6.02. The quantitative estimate of drug-likeness (QED) is 0.813. The highest BCUT2D eigenvalue weighted by Gasteiger charge is 2.09. The Bertz CT molecular complexity index is 615. The lowest BCUT2D eigenvalue weighted by molar-refractivity contribution is -0.116. The van der Waals surface area contributed by atoms with Crippen molar-refractivity contribution in [3.05, 3.63) is 59.2 Å². The third-order valence-corrected chi connectivity index (χ3v) is 2.97. The van der Waals surface area contributed by atoms with Crippen molar-refractivity contribution >= 4 is 5.78 Å². The van der Waals surface area contributed by atoms with Gasteiger partial charge in [0.05, 0.1) is 0 Å². The lowest BCUT2D eigenvalue weighted by atomic mass is 10.0. The third-order valence-electron chi connectivity index (χ3n) is 2.97. The molecule has 2 rings (SSSR count). The Morgan fingerprint density at radius 3 is 2.26 bits per heavy atom. The molecule has 0 saturated carbocycles. The smallest absolute Gasteiger partial charge is 0.134 e. The van der Waals surface area contributed by atoms with Crippen LogP contribution in [0.1, 0.15) is 18.1 Å². The van der Waals surface area contributed by atoms with Crippen LogP contribution in [0, 0.1) is 18.6 Å². The molecule has 0 radical (unpaired) electrons. The Kier molecular flexibility index (Phi) is 3.74. The highest BCUT2D eigenvalue weighted by molar-refractivity contribution is 5.78. The van der Waals surface area contributed by atoms with E-state index in [1.807, 2.05) is 0 Å². The molecule has 19 heavy (non-hydrogen) atoms. The second-order valence-corrected chi connectivity index (χ2v) is 4.66. The van der Waals surface area contributed by atoms with Crippen LogP contribution in [0.15, 0.2) is 36.4 Å². The predicted octanol–water partition coefficient (Wildman–Crippen LogP) is 4.07. The highest BCUT2D eigenvalue weighted by atomic mass is 19.1. The maximum Gasteiger partial charge on any atom is 0.134 e. The molecule has 0 aliphatic carbocycles. The van der Waals surface area contributed by atoms with E-state index in [2.05, 4.69) is 0 Å². The van der Waals surface area contributed by atoms with E-state index in [-0.39, 0.29) is 16.9 Å². The van der Waals surface area contributed by atoms with Crippen LogP contribution in [-0.4, -0.2) is 5.78 Å². The van der Waals surface area contributed by atoms with E-state index in [1.165, 1.54) is 26.0 Å². The molecule has 0 N–H and O–H groups in total. The summed E-state index contributed by atoms with van der Waals surface area (Å²) in [6.45, 7) is 3.04. The van der Waals surface area contributed by atoms with E-state index in [0.29, 0.717) is 12.0 Å². The second-order valence-electron chi connectivity index (χ2n) is 4.66. The van der Waals surface area contributed by atoms with Crippen molar-refractivity contribution in [1.29, 1.82) is 0 Å². The van der Waals surface area contributed by atoms with Gasteiger partial charge in [0.15, 0.2) is 0 Å². The molecule has 0 bridgehead atoms. The minimum absolute atomic E-state index is 0.0697. The van der Waals surface area contributed by atoms with Gasteiger partial charge in [0.2, 0.25) is 0 Å². The van der Waals surface area contributed by atoms with E-state index in [9.17, 15) is 13.6 Å². The first-order valence-corrected chi connectivity index (χ1v) is 6.02. The van der Waals surface area contributed by atoms with Gasteiger partial charge in [-0.15, -0.1) is 0 Å². The summed E-state index contributed by atoms with van der Waals surface area (Å²) in [5.41, 5.74) is 1.99. The molecule has 0 saturated heterocycles. The lowest BCUT2D eigenvalue weighted by Crippen LogP contribution is -1.96. The summed E-state index contributed by atoms with van der Waals surface area (Å²) in [5, 5.41) is 0. The normalized spacial score (nSPS) is 10.5. The number of benzene rings is 2. The Morgan fingerprint density at radius 2 is 1.68 bits per heavy atom. The van der Waals surface area contributed by atoms with Crippen LogP contribution in [0.4, 0.5) is 8.78 Å². The van der Waals surface area contributed by atoms with E-state index in [0.717, 1.165) is 5.56 Å². The zero-order chi connectivity index (χ0) is 14.0. The fourth-order valence-electron chi connectivity index (χ4n) is 1.96. The molecule has 2 aromatic rings. The van der Waals surface area contributed by atoms with Crippen molar-refractivity contribution in [2.45, 2.75) is 20.3 Å². The first-order chi connectivity index (χ1) is 8.97. The summed E-state index contributed by atoms with van der Waals surface area (Å²) in [5.74, 6) is -0.803. The number of carbonyl (C=O) groups is 1. The highest BCUT2D eigenvalue weighted by Crippen LogP contribution is 2.25. The topological polar surface area (TPSA) is 17.1 Å². The zero-order valence-corrected chi connectivity index (χ0v) is 10.8. The standard InChI is InChI=1S/C16H14F2O/c1-10-7-16(18)14(9-15(10)17)13-5-3-12(4-6-13)8-11(2)19/h3-7,9H,8H2,1-2H3. The fourth-order valence-corrected chi connectivity index (χ4v) is 1.96. The number of carbonyl (C=O) groups excluding carboxylic acids is 1. The van der Waals surface area contributed by atoms with Gasteiger partial charge < -0.3 is 0 Å². The van der Waals surface area contributed by atoms with E-state index in [4.69, 9.17) is 0 Å². The predicted molar refractivity (Wildman–Crippen MR) is 70.9 cm³/mol. The maximum absolute atomic E-state index is 13.8. The minimum atomic E-state index is -0.446. The van der Waals surface area contributed by atoms with E-state index >= 15 is 0 Å². The molecule has 0 aliphatic rings. The monoisotopic (exact) mass is 260 g/mol. The average molecular weight is 260 g/mol. The summed E-state index contributed by atoms with van der Waals surface area (Å²) < 4.78 is 27.3. The van der Waals surface area contributed by atoms with Gasteiger partial charge >= 0.3 is 0 Å². The molecular weight excluding hydrogens is 246 g/mol. The Balaban J connectivity index is 2.37. The zero-order valence-electron chi connectivity index (χ0n) is 10.8. The molecule has 0 atom stereocenters. The van der Waals surface area contributed by atoms with Crippen molar-refractivity contribution in [3.8, 4) is 11.1 Å². The first kappa shape index (κ1) is 13.4. The van der Waals surface area contributed by atoms with Gasteiger partial charge in [0.25, 0.3) is 0 Å². The van der Waals surface area contributed by atoms with Crippen molar-refractivity contribution in [2.75, 3.05) is 0 Å². The summed E-state index contributed by atoms with van der Waals surface area (Å²) in [7, 11) is 0. The molecular formula is C16H14F2O. The van der Waals surface area contributed by atoms with E-state index in [1.54, 1.807) is 24.3 Å². The van der Waals surface area contributed by atoms with Crippen LogP contribution in [0.2, 0.25) is 0 Å². The largest absolute Gasteiger partial charge is 0.300 e. The van der Waals surface area contributed by atoms with Gasteiger partial charge in [-0.1, -0.05) is 24.3 Å². The maximum atomic E-state index is 13.8. The van der Waals surface area contributed by atoms with Gasteiger partial charge in [-0.3, -0.25) is 4.79 Å². The van der Waals surface area contributed by atoms with Crippen LogP contribution in [0.3, 0.4) is 0 Å². The van der Waals surface area contributed by atoms with Crippen molar-refractivity contribution in [1.82, 2.24) is 0 Å². The SMILES string of the molecule is CC(=O)Cc1ccc(-c2cc(F)c(C)cc2F)cc1.